The largest absolute Gasteiger partial charge is 0.383 e. The lowest BCUT2D eigenvalue weighted by Gasteiger charge is -2.06. The molecule has 0 fully saturated rings. The van der Waals surface area contributed by atoms with Crippen LogP contribution < -0.4 is 11.1 Å². The fourth-order valence-corrected chi connectivity index (χ4v) is 1.42. The van der Waals surface area contributed by atoms with Crippen LogP contribution in [0, 0.1) is 0 Å². The van der Waals surface area contributed by atoms with E-state index >= 15 is 0 Å². The van der Waals surface area contributed by atoms with Crippen molar-refractivity contribution in [2.45, 2.75) is 6.54 Å². The minimum atomic E-state index is -0.212. The number of imidazole rings is 1. The van der Waals surface area contributed by atoms with Crippen molar-refractivity contribution in [1.29, 1.82) is 0 Å². The van der Waals surface area contributed by atoms with Gasteiger partial charge in [0.2, 0.25) is 0 Å². The van der Waals surface area contributed by atoms with Gasteiger partial charge in [-0.25, -0.2) is 9.97 Å². The standard InChI is InChI=1S/C11H13N5O/c12-10-9(2-1-3-14-10)11(17)15-5-7-16-6-4-13-8-16/h1-4,6,8H,5,7H2,(H2,12,14)(H,15,17). The Kier molecular flexibility index (Phi) is 3.34. The first-order valence-electron chi connectivity index (χ1n) is 5.22. The van der Waals surface area contributed by atoms with Gasteiger partial charge in [-0.2, -0.15) is 0 Å². The van der Waals surface area contributed by atoms with Gasteiger partial charge < -0.3 is 15.6 Å². The van der Waals surface area contributed by atoms with Crippen molar-refractivity contribution in [1.82, 2.24) is 19.9 Å². The number of nitrogens with one attached hydrogen (secondary N) is 1. The van der Waals surface area contributed by atoms with Gasteiger partial charge in [0.05, 0.1) is 11.9 Å². The molecule has 0 bridgehead atoms. The molecule has 0 spiro atoms. The maximum atomic E-state index is 11.7. The van der Waals surface area contributed by atoms with Gasteiger partial charge in [0.15, 0.2) is 0 Å². The predicted molar refractivity (Wildman–Crippen MR) is 63.2 cm³/mol. The Morgan fingerprint density at radius 1 is 1.47 bits per heavy atom. The van der Waals surface area contributed by atoms with Gasteiger partial charge in [-0.05, 0) is 12.1 Å². The third kappa shape index (κ3) is 2.81. The number of aromatic nitrogens is 3. The molecule has 0 atom stereocenters. The lowest BCUT2D eigenvalue weighted by molar-refractivity contribution is 0.0953. The quantitative estimate of drug-likeness (QED) is 0.792. The van der Waals surface area contributed by atoms with Crippen LogP contribution in [-0.4, -0.2) is 27.0 Å². The van der Waals surface area contributed by atoms with Crippen molar-refractivity contribution in [3.05, 3.63) is 42.6 Å². The van der Waals surface area contributed by atoms with Gasteiger partial charge in [-0.1, -0.05) is 0 Å². The molecule has 3 N–H and O–H groups in total. The number of nitrogen functional groups attached to an aromatic ring is 1. The van der Waals surface area contributed by atoms with Crippen LogP contribution in [0.15, 0.2) is 37.1 Å². The highest BCUT2D eigenvalue weighted by molar-refractivity contribution is 5.98. The van der Waals surface area contributed by atoms with Crippen LogP contribution in [0.1, 0.15) is 10.4 Å². The average molecular weight is 231 g/mol. The monoisotopic (exact) mass is 231 g/mol. The number of nitrogens with two attached hydrogens (primary N) is 1. The third-order valence-electron chi connectivity index (χ3n) is 2.30. The fraction of sp³-hybridized carbons (Fsp3) is 0.182. The van der Waals surface area contributed by atoms with E-state index in [0.29, 0.717) is 18.7 Å². The highest BCUT2D eigenvalue weighted by atomic mass is 16.1. The van der Waals surface area contributed by atoms with Crippen molar-refractivity contribution in [3.8, 4) is 0 Å². The van der Waals surface area contributed by atoms with Gasteiger partial charge in [-0.15, -0.1) is 0 Å². The van der Waals surface area contributed by atoms with Crippen LogP contribution >= 0.6 is 0 Å². The van der Waals surface area contributed by atoms with Crippen molar-refractivity contribution in [2.75, 3.05) is 12.3 Å². The van der Waals surface area contributed by atoms with E-state index in [2.05, 4.69) is 15.3 Å². The molecule has 0 aromatic carbocycles. The highest BCUT2D eigenvalue weighted by Crippen LogP contribution is 2.05. The van der Waals surface area contributed by atoms with Crippen LogP contribution in [0.25, 0.3) is 0 Å². The van der Waals surface area contributed by atoms with E-state index in [0.717, 1.165) is 0 Å². The Hall–Kier alpha value is -2.37. The molecule has 88 valence electrons. The van der Waals surface area contributed by atoms with Crippen molar-refractivity contribution < 1.29 is 4.79 Å². The van der Waals surface area contributed by atoms with Crippen LogP contribution in [0.3, 0.4) is 0 Å². The lowest BCUT2D eigenvalue weighted by Crippen LogP contribution is -2.27. The second kappa shape index (κ2) is 5.11. The topological polar surface area (TPSA) is 85.8 Å². The summed E-state index contributed by atoms with van der Waals surface area (Å²) in [4.78, 5) is 19.5. The summed E-state index contributed by atoms with van der Waals surface area (Å²) in [5.41, 5.74) is 6.00. The van der Waals surface area contributed by atoms with E-state index < -0.39 is 0 Å². The van der Waals surface area contributed by atoms with Crippen molar-refractivity contribution >= 4 is 11.7 Å². The Morgan fingerprint density at radius 2 is 2.35 bits per heavy atom. The molecule has 1 amide bonds. The Bertz CT molecular complexity index is 494. The molecule has 6 nitrogen and oxygen atoms in total. The number of carbonyl (C=O) groups is 1. The maximum Gasteiger partial charge on any atom is 0.255 e. The minimum absolute atomic E-state index is 0.212. The molecule has 17 heavy (non-hydrogen) atoms. The first kappa shape index (κ1) is 11.1. The van der Waals surface area contributed by atoms with E-state index in [1.165, 1.54) is 0 Å². The highest BCUT2D eigenvalue weighted by Gasteiger charge is 2.08. The molecular formula is C11H13N5O. The number of hydrogen-bond acceptors (Lipinski definition) is 4. The lowest BCUT2D eigenvalue weighted by atomic mass is 10.2. The summed E-state index contributed by atoms with van der Waals surface area (Å²) in [6.45, 7) is 1.19. The number of nitrogens with zero attached hydrogens (tertiary/aromatic N) is 3. The molecule has 0 unspecified atom stereocenters. The number of rotatable bonds is 4. The predicted octanol–water partition coefficient (Wildman–Crippen LogP) is 0.290. The molecule has 2 rings (SSSR count). The van der Waals surface area contributed by atoms with Crippen molar-refractivity contribution in [3.63, 3.8) is 0 Å². The van der Waals surface area contributed by atoms with Gasteiger partial charge >= 0.3 is 0 Å². The molecule has 0 aliphatic heterocycles. The molecule has 0 saturated carbocycles. The van der Waals surface area contributed by atoms with Crippen LogP contribution in [0.2, 0.25) is 0 Å². The van der Waals surface area contributed by atoms with E-state index in [1.807, 2.05) is 10.8 Å². The summed E-state index contributed by atoms with van der Waals surface area (Å²) in [5.74, 6) is 0.0309. The second-order valence-corrected chi connectivity index (χ2v) is 3.49. The molecule has 2 heterocycles. The Labute approximate surface area is 98.5 Å². The first-order chi connectivity index (χ1) is 8.27. The molecular weight excluding hydrogens is 218 g/mol. The zero-order chi connectivity index (χ0) is 12.1. The molecule has 0 radical (unpaired) electrons. The Balaban J connectivity index is 1.88. The molecule has 2 aromatic rings. The van der Waals surface area contributed by atoms with E-state index in [4.69, 9.17) is 5.73 Å². The SMILES string of the molecule is Nc1ncccc1C(=O)NCCn1ccnc1. The van der Waals surface area contributed by atoms with Crippen molar-refractivity contribution in [2.24, 2.45) is 0 Å². The van der Waals surface area contributed by atoms with E-state index in [1.54, 1.807) is 30.9 Å². The van der Waals surface area contributed by atoms with E-state index in [-0.39, 0.29) is 11.7 Å². The first-order valence-corrected chi connectivity index (χ1v) is 5.22. The average Bonchev–Trinajstić information content (AvgIpc) is 2.82. The van der Waals surface area contributed by atoms with Gasteiger partial charge in [0.25, 0.3) is 5.91 Å². The molecule has 2 aromatic heterocycles. The number of amides is 1. The third-order valence-corrected chi connectivity index (χ3v) is 2.30. The molecule has 6 heteroatoms. The van der Waals surface area contributed by atoms with E-state index in [9.17, 15) is 4.79 Å². The number of pyridine rings is 1. The summed E-state index contributed by atoms with van der Waals surface area (Å²) in [6.07, 6.45) is 6.79. The van der Waals surface area contributed by atoms with Crippen LogP contribution in [-0.2, 0) is 6.54 Å². The van der Waals surface area contributed by atoms with Crippen LogP contribution in [0.5, 0.6) is 0 Å². The smallest absolute Gasteiger partial charge is 0.255 e. The summed E-state index contributed by atoms with van der Waals surface area (Å²) >= 11 is 0. The number of anilines is 1. The molecule has 0 saturated heterocycles. The second-order valence-electron chi connectivity index (χ2n) is 3.49. The molecule has 0 aliphatic carbocycles. The Morgan fingerprint density at radius 3 is 3.06 bits per heavy atom. The summed E-state index contributed by atoms with van der Waals surface area (Å²) < 4.78 is 1.88. The zero-order valence-corrected chi connectivity index (χ0v) is 9.21. The van der Waals surface area contributed by atoms with Gasteiger partial charge in [0.1, 0.15) is 5.82 Å². The van der Waals surface area contributed by atoms with Gasteiger partial charge in [-0.3, -0.25) is 4.79 Å². The summed E-state index contributed by atoms with van der Waals surface area (Å²) in [5, 5.41) is 2.77. The van der Waals surface area contributed by atoms with Gasteiger partial charge in [0, 0.05) is 31.7 Å². The number of carbonyl (C=O) groups excluding carboxylic acids is 1. The summed E-state index contributed by atoms with van der Waals surface area (Å²) in [6, 6.07) is 3.33. The zero-order valence-electron chi connectivity index (χ0n) is 9.21. The fourth-order valence-electron chi connectivity index (χ4n) is 1.42. The molecule has 0 aliphatic rings. The number of hydrogen-bond donors (Lipinski definition) is 2. The maximum absolute atomic E-state index is 11.7. The van der Waals surface area contributed by atoms with Crippen LogP contribution in [0.4, 0.5) is 5.82 Å². The normalized spacial score (nSPS) is 10.1. The summed E-state index contributed by atoms with van der Waals surface area (Å²) in [7, 11) is 0. The minimum Gasteiger partial charge on any atom is -0.383 e.